The van der Waals surface area contributed by atoms with Gasteiger partial charge in [-0.2, -0.15) is 0 Å². The van der Waals surface area contributed by atoms with Gasteiger partial charge in [0.2, 0.25) is 0 Å². The molecule has 0 bridgehead atoms. The van der Waals surface area contributed by atoms with Gasteiger partial charge in [0.1, 0.15) is 0 Å². The average Bonchev–Trinajstić information content (AvgIpc) is 2.83. The van der Waals surface area contributed by atoms with Crippen LogP contribution in [0.2, 0.25) is 0 Å². The molecule has 1 aromatic heterocycles. The molecule has 0 saturated heterocycles. The van der Waals surface area contributed by atoms with E-state index in [0.29, 0.717) is 0 Å². The van der Waals surface area contributed by atoms with Crippen molar-refractivity contribution in [3.8, 4) is 0 Å². The highest BCUT2D eigenvalue weighted by Crippen LogP contribution is 2.39. The number of aryl methyl sites for hydroxylation is 1. The predicted molar refractivity (Wildman–Crippen MR) is 112 cm³/mol. The van der Waals surface area contributed by atoms with Crippen molar-refractivity contribution < 1.29 is 0 Å². The van der Waals surface area contributed by atoms with E-state index in [4.69, 9.17) is 0 Å². The Morgan fingerprint density at radius 2 is 1.36 bits per heavy atom. The molecule has 0 aliphatic carbocycles. The molecule has 25 heavy (non-hydrogen) atoms. The molecule has 1 heterocycles. The molecule has 1 nitrogen and oxygen atoms in total. The second-order valence-electron chi connectivity index (χ2n) is 9.44. The number of nitrogens with zero attached hydrogens (tertiary/aromatic N) is 1. The van der Waals surface area contributed by atoms with Crippen LogP contribution < -0.4 is 0 Å². The topological polar surface area (TPSA) is 4.93 Å². The van der Waals surface area contributed by atoms with Crippen molar-refractivity contribution in [1.82, 2.24) is 4.57 Å². The lowest BCUT2D eigenvalue weighted by Crippen LogP contribution is -2.22. The average molecular weight is 336 g/mol. The van der Waals surface area contributed by atoms with Crippen molar-refractivity contribution in [2.24, 2.45) is 0 Å². The zero-order valence-electron chi connectivity index (χ0n) is 17.0. The lowest BCUT2D eigenvalue weighted by molar-refractivity contribution is 0.531. The Hall–Kier alpha value is -1.76. The summed E-state index contributed by atoms with van der Waals surface area (Å²) in [5.74, 6) is 0. The minimum Gasteiger partial charge on any atom is -0.340 e. The third kappa shape index (κ3) is 3.21. The molecule has 0 fully saturated rings. The summed E-state index contributed by atoms with van der Waals surface area (Å²) >= 11 is 0. The fourth-order valence-electron chi connectivity index (χ4n) is 3.89. The van der Waals surface area contributed by atoms with Crippen LogP contribution in [-0.2, 0) is 17.4 Å². The zero-order chi connectivity index (χ0) is 18.4. The van der Waals surface area contributed by atoms with Gasteiger partial charge in [-0.3, -0.25) is 0 Å². The minimum absolute atomic E-state index is 0.142. The second kappa shape index (κ2) is 6.20. The van der Waals surface area contributed by atoms with Crippen LogP contribution in [0.15, 0.2) is 36.4 Å². The molecular formula is C24H33N. The molecule has 1 heteroatoms. The second-order valence-corrected chi connectivity index (χ2v) is 9.44. The maximum atomic E-state index is 2.54. The van der Waals surface area contributed by atoms with Gasteiger partial charge in [-0.15, -0.1) is 0 Å². The molecule has 3 rings (SSSR count). The maximum Gasteiger partial charge on any atom is 0.0494 e. The highest BCUT2D eigenvalue weighted by atomic mass is 15.0. The Kier molecular flexibility index (Phi) is 4.47. The van der Waals surface area contributed by atoms with Gasteiger partial charge in [0, 0.05) is 28.4 Å². The quantitative estimate of drug-likeness (QED) is 0.477. The summed E-state index contributed by atoms with van der Waals surface area (Å²) in [5, 5.41) is 2.80. The van der Waals surface area contributed by atoms with E-state index in [1.54, 1.807) is 0 Å². The molecule has 134 valence electrons. The predicted octanol–water partition coefficient (Wildman–Crippen LogP) is 7.19. The Bertz CT molecular complexity index is 898. The van der Waals surface area contributed by atoms with Gasteiger partial charge in [-0.25, -0.2) is 0 Å². The molecule has 0 spiro atoms. The molecule has 0 aliphatic rings. The first kappa shape index (κ1) is 18.0. The summed E-state index contributed by atoms with van der Waals surface area (Å²) in [5.41, 5.74) is 6.01. The normalized spacial score (nSPS) is 13.1. The molecule has 0 saturated carbocycles. The van der Waals surface area contributed by atoms with Crippen molar-refractivity contribution in [1.29, 1.82) is 0 Å². The monoisotopic (exact) mass is 335 g/mol. The van der Waals surface area contributed by atoms with E-state index in [9.17, 15) is 0 Å². The van der Waals surface area contributed by atoms with Crippen LogP contribution in [-0.4, -0.2) is 4.57 Å². The van der Waals surface area contributed by atoms with Crippen molar-refractivity contribution in [3.05, 3.63) is 47.5 Å². The van der Waals surface area contributed by atoms with Crippen LogP contribution in [0.25, 0.3) is 21.8 Å². The third-order valence-corrected chi connectivity index (χ3v) is 5.26. The summed E-state index contributed by atoms with van der Waals surface area (Å²) in [7, 11) is 0. The highest BCUT2D eigenvalue weighted by Gasteiger charge is 2.27. The Morgan fingerprint density at radius 1 is 0.760 bits per heavy atom. The molecule has 3 aromatic rings. The van der Waals surface area contributed by atoms with Crippen LogP contribution in [0.5, 0.6) is 0 Å². The minimum atomic E-state index is 0.142. The van der Waals surface area contributed by atoms with E-state index >= 15 is 0 Å². The number of unbranched alkanes of at least 4 members (excludes halogenated alkanes) is 1. The largest absolute Gasteiger partial charge is 0.340 e. The molecule has 0 atom stereocenters. The Morgan fingerprint density at radius 3 is 1.96 bits per heavy atom. The van der Waals surface area contributed by atoms with Gasteiger partial charge in [-0.05, 0) is 46.6 Å². The van der Waals surface area contributed by atoms with Gasteiger partial charge in [-0.1, -0.05) is 73.1 Å². The first-order chi connectivity index (χ1) is 11.6. The van der Waals surface area contributed by atoms with Gasteiger partial charge in [0.25, 0.3) is 0 Å². The van der Waals surface area contributed by atoms with Crippen molar-refractivity contribution in [2.75, 3.05) is 0 Å². The van der Waals surface area contributed by atoms with Crippen molar-refractivity contribution >= 4 is 21.8 Å². The number of para-hydroxylation sites is 1. The number of hydrogen-bond acceptors (Lipinski definition) is 0. The van der Waals surface area contributed by atoms with E-state index in [-0.39, 0.29) is 10.8 Å². The molecule has 0 aliphatic heterocycles. The van der Waals surface area contributed by atoms with Gasteiger partial charge in [0.15, 0.2) is 0 Å². The first-order valence-corrected chi connectivity index (χ1v) is 9.70. The van der Waals surface area contributed by atoms with E-state index in [0.717, 1.165) is 6.54 Å². The summed E-state index contributed by atoms with van der Waals surface area (Å²) in [6.07, 6.45) is 2.44. The van der Waals surface area contributed by atoms with Crippen LogP contribution in [0, 0.1) is 0 Å². The van der Waals surface area contributed by atoms with Crippen LogP contribution in [0.3, 0.4) is 0 Å². The molecule has 0 amide bonds. The summed E-state index contributed by atoms with van der Waals surface area (Å²) in [6, 6.07) is 13.8. The fourth-order valence-corrected chi connectivity index (χ4v) is 3.89. The smallest absolute Gasteiger partial charge is 0.0494 e. The number of benzene rings is 2. The van der Waals surface area contributed by atoms with Gasteiger partial charge < -0.3 is 4.57 Å². The summed E-state index contributed by atoms with van der Waals surface area (Å²) in [4.78, 5) is 0. The third-order valence-electron chi connectivity index (χ3n) is 5.26. The van der Waals surface area contributed by atoms with Crippen LogP contribution in [0.1, 0.15) is 72.4 Å². The highest BCUT2D eigenvalue weighted by molar-refractivity contribution is 6.08. The van der Waals surface area contributed by atoms with Crippen molar-refractivity contribution in [2.45, 2.75) is 78.7 Å². The lowest BCUT2D eigenvalue weighted by Gasteiger charge is -2.30. The summed E-state index contributed by atoms with van der Waals surface area (Å²) in [6.45, 7) is 17.4. The molecule has 0 radical (unpaired) electrons. The number of rotatable bonds is 3. The van der Waals surface area contributed by atoms with Crippen LogP contribution >= 0.6 is 0 Å². The summed E-state index contributed by atoms with van der Waals surface area (Å²) < 4.78 is 2.54. The van der Waals surface area contributed by atoms with E-state index in [2.05, 4.69) is 89.4 Å². The molecule has 0 N–H and O–H groups in total. The number of aromatic nitrogens is 1. The van der Waals surface area contributed by atoms with E-state index in [1.807, 2.05) is 0 Å². The Balaban J connectivity index is 2.43. The first-order valence-electron chi connectivity index (χ1n) is 9.70. The standard InChI is InChI=1S/C24H33N/c1-8-9-14-25-21-13-11-10-12-17(21)18-15-19(23(2,3)4)20(16-22(18)25)24(5,6)7/h10-13,15-16H,8-9,14H2,1-7H3. The van der Waals surface area contributed by atoms with E-state index in [1.165, 1.54) is 45.8 Å². The van der Waals surface area contributed by atoms with E-state index < -0.39 is 0 Å². The van der Waals surface area contributed by atoms with Crippen molar-refractivity contribution in [3.63, 3.8) is 0 Å². The number of hydrogen-bond donors (Lipinski definition) is 0. The number of fused-ring (bicyclic) bond motifs is 3. The van der Waals surface area contributed by atoms with Crippen LogP contribution in [0.4, 0.5) is 0 Å². The zero-order valence-corrected chi connectivity index (χ0v) is 17.0. The SMILES string of the molecule is CCCCn1c2ccccc2c2cc(C(C)(C)C)c(C(C)(C)C)cc21. The fraction of sp³-hybridized carbons (Fsp3) is 0.500. The maximum absolute atomic E-state index is 2.54. The molecular weight excluding hydrogens is 302 g/mol. The Labute approximate surface area is 153 Å². The lowest BCUT2D eigenvalue weighted by atomic mass is 9.74. The van der Waals surface area contributed by atoms with Gasteiger partial charge in [0.05, 0.1) is 0 Å². The molecule has 0 unspecified atom stereocenters. The molecule has 2 aromatic carbocycles. The van der Waals surface area contributed by atoms with Gasteiger partial charge >= 0.3 is 0 Å².